The number of rotatable bonds is 4. The molecule has 0 amide bonds. The maximum atomic E-state index is 12.9. The molecule has 1 aromatic carbocycles. The smallest absolute Gasteiger partial charge is 0.332 e. The zero-order valence-electron chi connectivity index (χ0n) is 10.1. The van der Waals surface area contributed by atoms with Gasteiger partial charge in [-0.15, -0.1) is 0 Å². The van der Waals surface area contributed by atoms with Gasteiger partial charge < -0.3 is 14.6 Å². The lowest BCUT2D eigenvalue weighted by molar-refractivity contribution is -0.149. The summed E-state index contributed by atoms with van der Waals surface area (Å²) in [5.41, 5.74) is 0.711. The fourth-order valence-corrected chi connectivity index (χ4v) is 1.97. The molecule has 1 aliphatic rings. The van der Waals surface area contributed by atoms with E-state index in [0.29, 0.717) is 24.2 Å². The number of hydrogen-bond acceptors (Lipinski definition) is 3. The molecule has 1 heterocycles. The van der Waals surface area contributed by atoms with Gasteiger partial charge in [0.25, 0.3) is 0 Å². The quantitative estimate of drug-likeness (QED) is 0.894. The number of carbonyl (C=O) groups is 1. The molecular formula is C13H15FO4. The number of hydrogen-bond donors (Lipinski definition) is 1. The number of ether oxygens (including phenoxy) is 2. The minimum Gasteiger partial charge on any atom is -0.491 e. The van der Waals surface area contributed by atoms with Crippen molar-refractivity contribution in [3.05, 3.63) is 29.6 Å². The van der Waals surface area contributed by atoms with Gasteiger partial charge in [-0.3, -0.25) is 0 Å². The average molecular weight is 254 g/mol. The van der Waals surface area contributed by atoms with Gasteiger partial charge in [0.15, 0.2) is 6.10 Å². The molecule has 98 valence electrons. The Morgan fingerprint density at radius 2 is 2.33 bits per heavy atom. The van der Waals surface area contributed by atoms with Crippen LogP contribution in [0.1, 0.15) is 18.4 Å². The first-order valence-corrected chi connectivity index (χ1v) is 5.83. The van der Waals surface area contributed by atoms with E-state index in [9.17, 15) is 9.18 Å². The van der Waals surface area contributed by atoms with E-state index in [2.05, 4.69) is 0 Å². The molecule has 0 radical (unpaired) electrons. The van der Waals surface area contributed by atoms with Gasteiger partial charge in [0.05, 0.1) is 6.10 Å². The molecule has 5 heteroatoms. The summed E-state index contributed by atoms with van der Waals surface area (Å²) >= 11 is 0. The standard InChI is InChI=1S/C13H15FO4/c1-8-6-9(14)2-4-11(8)17-7-10-3-5-12(18-10)13(15)16/h2,4,6,10,12H,3,5,7H2,1H3,(H,15,16). The number of carboxylic acids is 1. The number of aryl methyl sites for hydroxylation is 1. The van der Waals surface area contributed by atoms with E-state index in [1.807, 2.05) is 0 Å². The van der Waals surface area contributed by atoms with E-state index >= 15 is 0 Å². The topological polar surface area (TPSA) is 55.8 Å². The van der Waals surface area contributed by atoms with Crippen molar-refractivity contribution in [1.29, 1.82) is 0 Å². The molecule has 1 aromatic rings. The highest BCUT2D eigenvalue weighted by atomic mass is 19.1. The molecule has 0 bridgehead atoms. The molecule has 1 aliphatic heterocycles. The summed E-state index contributed by atoms with van der Waals surface area (Å²) in [4.78, 5) is 10.7. The van der Waals surface area contributed by atoms with Crippen molar-refractivity contribution in [2.45, 2.75) is 32.0 Å². The first kappa shape index (κ1) is 12.8. The molecule has 0 aliphatic carbocycles. The van der Waals surface area contributed by atoms with Crippen molar-refractivity contribution in [1.82, 2.24) is 0 Å². The Balaban J connectivity index is 1.87. The van der Waals surface area contributed by atoms with Crippen molar-refractivity contribution < 1.29 is 23.8 Å². The average Bonchev–Trinajstić information content (AvgIpc) is 2.76. The highest BCUT2D eigenvalue weighted by molar-refractivity contribution is 5.72. The molecule has 1 saturated heterocycles. The second kappa shape index (κ2) is 5.35. The predicted octanol–water partition coefficient (Wildman–Crippen LogP) is 2.15. The normalized spacial score (nSPS) is 23.0. The molecule has 1 N–H and O–H groups in total. The van der Waals surface area contributed by atoms with E-state index < -0.39 is 12.1 Å². The van der Waals surface area contributed by atoms with Crippen LogP contribution >= 0.6 is 0 Å². The fourth-order valence-electron chi connectivity index (χ4n) is 1.97. The number of benzene rings is 1. The maximum absolute atomic E-state index is 12.9. The first-order chi connectivity index (χ1) is 8.56. The van der Waals surface area contributed by atoms with Gasteiger partial charge in [-0.05, 0) is 43.5 Å². The van der Waals surface area contributed by atoms with Crippen LogP contribution in [0.3, 0.4) is 0 Å². The van der Waals surface area contributed by atoms with Crippen LogP contribution in [0.5, 0.6) is 5.75 Å². The number of aliphatic carboxylic acids is 1. The molecule has 4 nitrogen and oxygen atoms in total. The van der Waals surface area contributed by atoms with Crippen LogP contribution < -0.4 is 4.74 Å². The van der Waals surface area contributed by atoms with Crippen molar-refractivity contribution in [2.24, 2.45) is 0 Å². The minimum absolute atomic E-state index is 0.212. The number of carboxylic acid groups (broad SMARTS) is 1. The lowest BCUT2D eigenvalue weighted by Gasteiger charge is -2.14. The van der Waals surface area contributed by atoms with Crippen LogP contribution in [0.4, 0.5) is 4.39 Å². The molecule has 2 rings (SSSR count). The molecule has 1 fully saturated rings. The van der Waals surface area contributed by atoms with E-state index in [0.717, 1.165) is 0 Å². The minimum atomic E-state index is -0.935. The summed E-state index contributed by atoms with van der Waals surface area (Å²) < 4.78 is 23.7. The van der Waals surface area contributed by atoms with Gasteiger partial charge >= 0.3 is 5.97 Å². The largest absolute Gasteiger partial charge is 0.491 e. The summed E-state index contributed by atoms with van der Waals surface area (Å²) in [6, 6.07) is 4.29. The monoisotopic (exact) mass is 254 g/mol. The Morgan fingerprint density at radius 1 is 1.56 bits per heavy atom. The van der Waals surface area contributed by atoms with E-state index in [1.54, 1.807) is 13.0 Å². The van der Waals surface area contributed by atoms with Crippen LogP contribution in [0.25, 0.3) is 0 Å². The second-order valence-electron chi connectivity index (χ2n) is 4.38. The Labute approximate surface area is 104 Å². The second-order valence-corrected chi connectivity index (χ2v) is 4.38. The van der Waals surface area contributed by atoms with Crippen molar-refractivity contribution in [3.63, 3.8) is 0 Å². The van der Waals surface area contributed by atoms with Crippen molar-refractivity contribution in [2.75, 3.05) is 6.61 Å². The summed E-state index contributed by atoms with van der Waals surface area (Å²) in [5, 5.41) is 8.78. The van der Waals surface area contributed by atoms with Gasteiger partial charge in [0.2, 0.25) is 0 Å². The molecule has 2 atom stereocenters. The predicted molar refractivity (Wildman–Crippen MR) is 62.2 cm³/mol. The van der Waals surface area contributed by atoms with Crippen LogP contribution in [0.2, 0.25) is 0 Å². The Hall–Kier alpha value is -1.62. The SMILES string of the molecule is Cc1cc(F)ccc1OCC1CCC(C(=O)O)O1. The van der Waals surface area contributed by atoms with Gasteiger partial charge in [0, 0.05) is 0 Å². The lowest BCUT2D eigenvalue weighted by Crippen LogP contribution is -2.23. The molecule has 18 heavy (non-hydrogen) atoms. The summed E-state index contributed by atoms with van der Waals surface area (Å²) in [6.07, 6.45) is 0.228. The van der Waals surface area contributed by atoms with Gasteiger partial charge in [-0.25, -0.2) is 9.18 Å². The van der Waals surface area contributed by atoms with E-state index in [1.165, 1.54) is 12.1 Å². The van der Waals surface area contributed by atoms with Crippen molar-refractivity contribution >= 4 is 5.97 Å². The van der Waals surface area contributed by atoms with Gasteiger partial charge in [0.1, 0.15) is 18.2 Å². The zero-order valence-corrected chi connectivity index (χ0v) is 10.1. The molecular weight excluding hydrogens is 239 g/mol. The number of halogens is 1. The van der Waals surface area contributed by atoms with E-state index in [4.69, 9.17) is 14.6 Å². The van der Waals surface area contributed by atoms with Gasteiger partial charge in [-0.1, -0.05) is 0 Å². The van der Waals surface area contributed by atoms with Crippen LogP contribution in [-0.4, -0.2) is 29.9 Å². The summed E-state index contributed by atoms with van der Waals surface area (Å²) in [6.45, 7) is 2.05. The molecule has 0 saturated carbocycles. The van der Waals surface area contributed by atoms with Crippen LogP contribution in [0.15, 0.2) is 18.2 Å². The summed E-state index contributed by atoms with van der Waals surface area (Å²) in [7, 11) is 0. The Bertz CT molecular complexity index is 447. The zero-order chi connectivity index (χ0) is 13.1. The molecule has 2 unspecified atom stereocenters. The lowest BCUT2D eigenvalue weighted by atomic mass is 10.2. The first-order valence-electron chi connectivity index (χ1n) is 5.83. The highest BCUT2D eigenvalue weighted by Crippen LogP contribution is 2.23. The third kappa shape index (κ3) is 2.98. The van der Waals surface area contributed by atoms with Crippen LogP contribution in [0, 0.1) is 12.7 Å². The Morgan fingerprint density at radius 3 is 2.94 bits per heavy atom. The molecule has 0 spiro atoms. The third-order valence-electron chi connectivity index (χ3n) is 2.94. The third-order valence-corrected chi connectivity index (χ3v) is 2.94. The fraction of sp³-hybridized carbons (Fsp3) is 0.462. The van der Waals surface area contributed by atoms with Gasteiger partial charge in [-0.2, -0.15) is 0 Å². The van der Waals surface area contributed by atoms with Crippen LogP contribution in [-0.2, 0) is 9.53 Å². The highest BCUT2D eigenvalue weighted by Gasteiger charge is 2.30. The summed E-state index contributed by atoms with van der Waals surface area (Å²) in [5.74, 6) is -0.642. The maximum Gasteiger partial charge on any atom is 0.332 e. The van der Waals surface area contributed by atoms with E-state index in [-0.39, 0.29) is 18.5 Å². The van der Waals surface area contributed by atoms with Crippen molar-refractivity contribution in [3.8, 4) is 5.75 Å². The molecule has 0 aromatic heterocycles. The Kier molecular flexibility index (Phi) is 3.81.